The summed E-state index contributed by atoms with van der Waals surface area (Å²) in [5, 5.41) is 11.7. The van der Waals surface area contributed by atoms with E-state index in [4.69, 9.17) is 16.3 Å². The zero-order chi connectivity index (χ0) is 14.0. The fourth-order valence-corrected chi connectivity index (χ4v) is 2.89. The molecule has 0 saturated heterocycles. The van der Waals surface area contributed by atoms with E-state index in [-0.39, 0.29) is 11.9 Å². The van der Waals surface area contributed by atoms with Crippen molar-refractivity contribution in [3.8, 4) is 0 Å². The number of carbonyl (C=O) groups is 1. The van der Waals surface area contributed by atoms with E-state index in [9.17, 15) is 9.90 Å². The Balaban J connectivity index is 2.41. The molecule has 4 heteroatoms. The highest BCUT2D eigenvalue weighted by Gasteiger charge is 2.52. The summed E-state index contributed by atoms with van der Waals surface area (Å²) in [4.78, 5) is 12.0. The van der Waals surface area contributed by atoms with Gasteiger partial charge in [0, 0.05) is 5.02 Å². The maximum absolute atomic E-state index is 12.0. The van der Waals surface area contributed by atoms with Crippen molar-refractivity contribution in [1.82, 2.24) is 0 Å². The molecule has 0 bridgehead atoms. The number of aliphatic hydroxyl groups is 1. The average molecular weight is 283 g/mol. The molecule has 1 aromatic carbocycles. The topological polar surface area (TPSA) is 46.5 Å². The Morgan fingerprint density at radius 2 is 2.05 bits per heavy atom. The SMILES string of the molecule is CCC(C(=O)OC)C(O)(c1ccc(Cl)cc1)C1CC1. The first-order valence-corrected chi connectivity index (χ1v) is 6.98. The molecule has 1 aromatic rings. The summed E-state index contributed by atoms with van der Waals surface area (Å²) in [7, 11) is 1.36. The number of carbonyl (C=O) groups excluding carboxylic acids is 1. The molecular weight excluding hydrogens is 264 g/mol. The minimum Gasteiger partial charge on any atom is -0.469 e. The lowest BCUT2D eigenvalue weighted by Crippen LogP contribution is -2.42. The van der Waals surface area contributed by atoms with Crippen molar-refractivity contribution in [1.29, 1.82) is 0 Å². The number of hydrogen-bond donors (Lipinski definition) is 1. The smallest absolute Gasteiger partial charge is 0.311 e. The van der Waals surface area contributed by atoms with E-state index in [1.807, 2.05) is 6.92 Å². The minimum atomic E-state index is -1.15. The molecule has 0 heterocycles. The summed E-state index contributed by atoms with van der Waals surface area (Å²) < 4.78 is 4.85. The zero-order valence-corrected chi connectivity index (χ0v) is 12.0. The Bertz CT molecular complexity index is 453. The predicted octanol–water partition coefficient (Wildman–Crippen LogP) is 3.14. The van der Waals surface area contributed by atoms with Crippen molar-refractivity contribution in [2.24, 2.45) is 11.8 Å². The molecule has 2 unspecified atom stereocenters. The third-order valence-corrected chi connectivity index (χ3v) is 4.18. The van der Waals surface area contributed by atoms with Gasteiger partial charge in [0.2, 0.25) is 0 Å². The molecular formula is C15H19ClO3. The predicted molar refractivity (Wildman–Crippen MR) is 73.9 cm³/mol. The van der Waals surface area contributed by atoms with Crippen LogP contribution in [0.15, 0.2) is 24.3 Å². The quantitative estimate of drug-likeness (QED) is 0.844. The van der Waals surface area contributed by atoms with E-state index in [1.165, 1.54) is 7.11 Å². The second-order valence-electron chi connectivity index (χ2n) is 5.09. The lowest BCUT2D eigenvalue weighted by molar-refractivity contribution is -0.159. The van der Waals surface area contributed by atoms with Gasteiger partial charge < -0.3 is 9.84 Å². The molecule has 0 amide bonds. The van der Waals surface area contributed by atoms with Crippen LogP contribution >= 0.6 is 11.6 Å². The van der Waals surface area contributed by atoms with Crippen LogP contribution in [-0.4, -0.2) is 18.2 Å². The molecule has 1 fully saturated rings. The second-order valence-corrected chi connectivity index (χ2v) is 5.53. The van der Waals surface area contributed by atoms with Gasteiger partial charge in [-0.05, 0) is 42.9 Å². The number of methoxy groups -OCH3 is 1. The Morgan fingerprint density at radius 1 is 1.47 bits per heavy atom. The van der Waals surface area contributed by atoms with Crippen molar-refractivity contribution >= 4 is 17.6 Å². The van der Waals surface area contributed by atoms with Gasteiger partial charge in [0.1, 0.15) is 5.60 Å². The van der Waals surface area contributed by atoms with E-state index in [2.05, 4.69) is 0 Å². The Morgan fingerprint density at radius 3 is 2.47 bits per heavy atom. The van der Waals surface area contributed by atoms with Gasteiger partial charge in [0.15, 0.2) is 0 Å². The maximum atomic E-state index is 12.0. The van der Waals surface area contributed by atoms with Crippen LogP contribution < -0.4 is 0 Å². The molecule has 1 N–H and O–H groups in total. The molecule has 104 valence electrons. The van der Waals surface area contributed by atoms with Gasteiger partial charge in [0.05, 0.1) is 13.0 Å². The van der Waals surface area contributed by atoms with Crippen molar-refractivity contribution in [3.63, 3.8) is 0 Å². The van der Waals surface area contributed by atoms with Gasteiger partial charge in [-0.3, -0.25) is 4.79 Å². The molecule has 0 aliphatic heterocycles. The zero-order valence-electron chi connectivity index (χ0n) is 11.2. The third-order valence-electron chi connectivity index (χ3n) is 3.93. The first kappa shape index (κ1) is 14.4. The van der Waals surface area contributed by atoms with Crippen molar-refractivity contribution in [2.45, 2.75) is 31.8 Å². The molecule has 0 radical (unpaired) electrons. The van der Waals surface area contributed by atoms with Crippen molar-refractivity contribution < 1.29 is 14.6 Å². The van der Waals surface area contributed by atoms with Crippen LogP contribution in [0.5, 0.6) is 0 Å². The summed E-state index contributed by atoms with van der Waals surface area (Å²) in [5.74, 6) is -0.768. The van der Waals surface area contributed by atoms with Gasteiger partial charge >= 0.3 is 5.97 Å². The standard InChI is InChI=1S/C15H19ClO3/c1-3-13(14(17)19-2)15(18,10-4-5-10)11-6-8-12(16)9-7-11/h6-10,13,18H,3-5H2,1-2H3. The third kappa shape index (κ3) is 2.63. The minimum absolute atomic E-state index is 0.123. The first-order valence-electron chi connectivity index (χ1n) is 6.60. The van der Waals surface area contributed by atoms with Gasteiger partial charge in [-0.1, -0.05) is 30.7 Å². The molecule has 2 atom stereocenters. The summed E-state index contributed by atoms with van der Waals surface area (Å²) in [6.45, 7) is 1.89. The number of esters is 1. The van der Waals surface area contributed by atoms with E-state index in [0.29, 0.717) is 11.4 Å². The maximum Gasteiger partial charge on any atom is 0.311 e. The van der Waals surface area contributed by atoms with Gasteiger partial charge in [-0.2, -0.15) is 0 Å². The Hall–Kier alpha value is -1.06. The van der Waals surface area contributed by atoms with Crippen LogP contribution in [0.25, 0.3) is 0 Å². The van der Waals surface area contributed by atoms with Crippen LogP contribution in [0.4, 0.5) is 0 Å². The number of rotatable bonds is 5. The largest absolute Gasteiger partial charge is 0.469 e. The van der Waals surface area contributed by atoms with Gasteiger partial charge in [0.25, 0.3) is 0 Å². The fraction of sp³-hybridized carbons (Fsp3) is 0.533. The summed E-state index contributed by atoms with van der Waals surface area (Å²) in [6, 6.07) is 7.08. The van der Waals surface area contributed by atoms with E-state index in [0.717, 1.165) is 18.4 Å². The monoisotopic (exact) mass is 282 g/mol. The number of benzene rings is 1. The fourth-order valence-electron chi connectivity index (χ4n) is 2.76. The van der Waals surface area contributed by atoms with Crippen LogP contribution in [0.2, 0.25) is 5.02 Å². The highest BCUT2D eigenvalue weighted by atomic mass is 35.5. The van der Waals surface area contributed by atoms with E-state index in [1.54, 1.807) is 24.3 Å². The molecule has 0 aromatic heterocycles. The lowest BCUT2D eigenvalue weighted by atomic mass is 9.76. The molecule has 19 heavy (non-hydrogen) atoms. The van der Waals surface area contributed by atoms with Crippen LogP contribution in [0, 0.1) is 11.8 Å². The van der Waals surface area contributed by atoms with E-state index < -0.39 is 11.5 Å². The van der Waals surface area contributed by atoms with Gasteiger partial charge in [-0.25, -0.2) is 0 Å². The van der Waals surface area contributed by atoms with Gasteiger partial charge in [-0.15, -0.1) is 0 Å². The molecule has 0 spiro atoms. The lowest BCUT2D eigenvalue weighted by Gasteiger charge is -2.35. The molecule has 1 aliphatic rings. The molecule has 2 rings (SSSR count). The summed E-state index contributed by atoms with van der Waals surface area (Å²) >= 11 is 5.89. The second kappa shape index (κ2) is 5.51. The highest BCUT2D eigenvalue weighted by Crippen LogP contribution is 2.51. The summed E-state index contributed by atoms with van der Waals surface area (Å²) in [5.41, 5.74) is -0.399. The number of hydrogen-bond acceptors (Lipinski definition) is 3. The number of halogens is 1. The van der Waals surface area contributed by atoms with Crippen LogP contribution in [-0.2, 0) is 15.1 Å². The van der Waals surface area contributed by atoms with Crippen molar-refractivity contribution in [2.75, 3.05) is 7.11 Å². The average Bonchev–Trinajstić information content (AvgIpc) is 3.24. The van der Waals surface area contributed by atoms with E-state index >= 15 is 0 Å². The van der Waals surface area contributed by atoms with Crippen molar-refractivity contribution in [3.05, 3.63) is 34.9 Å². The van der Waals surface area contributed by atoms with Crippen LogP contribution in [0.3, 0.4) is 0 Å². The molecule has 1 aliphatic carbocycles. The summed E-state index contributed by atoms with van der Waals surface area (Å²) in [6.07, 6.45) is 2.42. The number of ether oxygens (including phenoxy) is 1. The Labute approximate surface area is 118 Å². The molecule has 1 saturated carbocycles. The highest BCUT2D eigenvalue weighted by molar-refractivity contribution is 6.30. The molecule has 3 nitrogen and oxygen atoms in total. The van der Waals surface area contributed by atoms with Crippen LogP contribution in [0.1, 0.15) is 31.7 Å². The first-order chi connectivity index (χ1) is 9.03. The Kier molecular flexibility index (Phi) is 4.16. The normalized spacial score (nSPS) is 19.6.